The molecule has 8 rings (SSSR count). The van der Waals surface area contributed by atoms with Gasteiger partial charge in [-0.25, -0.2) is 0 Å². The Morgan fingerprint density at radius 3 is 2.14 bits per heavy atom. The van der Waals surface area contributed by atoms with E-state index in [2.05, 4.69) is 5.43 Å². The first kappa shape index (κ1) is 33.0. The summed E-state index contributed by atoms with van der Waals surface area (Å²) in [6, 6.07) is 20.1. The maximum atomic E-state index is 15.4. The van der Waals surface area contributed by atoms with Crippen LogP contribution in [0.15, 0.2) is 78.4 Å². The molecule has 6 atom stereocenters. The van der Waals surface area contributed by atoms with Gasteiger partial charge in [0.15, 0.2) is 11.5 Å². The van der Waals surface area contributed by atoms with Crippen molar-refractivity contribution in [3.8, 4) is 17.2 Å². The quantitative estimate of drug-likeness (QED) is 0.228. The molecule has 10 heteroatoms. The van der Waals surface area contributed by atoms with Crippen LogP contribution in [0.5, 0.6) is 17.2 Å². The summed E-state index contributed by atoms with van der Waals surface area (Å²) in [5.74, 6) is -4.24. The van der Waals surface area contributed by atoms with Crippen LogP contribution >= 0.6 is 0 Å². The standard InChI is InChI=1S/C41H43N3O7/c1-23-14-16-26(17-15-23)42-44-38(47)31-22-30-28(18-19-29-34(30)39(48)43(37(29)46)27-12-8-5-9-13-27)35(24-20-32(50-2)36(45)33(21-24)51-3)41(31,40(44)49)25-10-6-4-7-11-25/h4,6-7,10-11,14-18,20-21,27,29-31,34-35,42,45H,5,8-9,12-13,19,22H2,1-3H3/t29-,30+,31-,34-,35-,41+/m0/s1. The molecular formula is C41H43N3O7. The Labute approximate surface area is 297 Å². The first-order valence-corrected chi connectivity index (χ1v) is 18.0. The van der Waals surface area contributed by atoms with Crippen molar-refractivity contribution in [3.05, 3.63) is 95.1 Å². The van der Waals surface area contributed by atoms with Crippen LogP contribution in [0.25, 0.3) is 0 Å². The van der Waals surface area contributed by atoms with E-state index >= 15 is 4.79 Å². The number of likely N-dealkylation sites (tertiary alicyclic amines) is 1. The predicted octanol–water partition coefficient (Wildman–Crippen LogP) is 6.04. The number of hydrazine groups is 1. The first-order valence-electron chi connectivity index (χ1n) is 18.0. The molecule has 2 saturated carbocycles. The van der Waals surface area contributed by atoms with Gasteiger partial charge in [-0.2, -0.15) is 5.01 Å². The lowest BCUT2D eigenvalue weighted by atomic mass is 9.49. The number of aromatic hydroxyl groups is 1. The minimum Gasteiger partial charge on any atom is -0.502 e. The van der Waals surface area contributed by atoms with Crippen LogP contribution in [0.3, 0.4) is 0 Å². The smallest absolute Gasteiger partial charge is 0.260 e. The van der Waals surface area contributed by atoms with Gasteiger partial charge in [0.2, 0.25) is 17.6 Å². The number of ether oxygens (including phenoxy) is 2. The third-order valence-corrected chi connectivity index (χ3v) is 12.2. The Balaban J connectivity index is 1.33. The minimum atomic E-state index is -1.44. The highest BCUT2D eigenvalue weighted by atomic mass is 16.5. The van der Waals surface area contributed by atoms with Gasteiger partial charge in [-0.05, 0) is 73.9 Å². The van der Waals surface area contributed by atoms with Gasteiger partial charge in [-0.3, -0.25) is 29.5 Å². The number of hydrogen-bond acceptors (Lipinski definition) is 8. The van der Waals surface area contributed by atoms with Crippen LogP contribution in [-0.2, 0) is 24.6 Å². The number of carbonyl (C=O) groups excluding carboxylic acids is 4. The number of imide groups is 2. The van der Waals surface area contributed by atoms with Gasteiger partial charge in [0.1, 0.15) is 0 Å². The van der Waals surface area contributed by atoms with Crippen LogP contribution in [-0.4, -0.2) is 58.9 Å². The molecule has 2 heterocycles. The van der Waals surface area contributed by atoms with Crippen LogP contribution < -0.4 is 14.9 Å². The molecular weight excluding hydrogens is 646 g/mol. The molecule has 10 nitrogen and oxygen atoms in total. The Morgan fingerprint density at radius 1 is 0.824 bits per heavy atom. The highest BCUT2D eigenvalue weighted by Gasteiger charge is 2.70. The summed E-state index contributed by atoms with van der Waals surface area (Å²) in [7, 11) is 2.89. The number of benzene rings is 3. The number of phenolic OH excluding ortho intramolecular Hbond substituents is 1. The van der Waals surface area contributed by atoms with E-state index in [0.29, 0.717) is 23.2 Å². The van der Waals surface area contributed by atoms with E-state index in [1.165, 1.54) is 14.2 Å². The summed E-state index contributed by atoms with van der Waals surface area (Å²) in [5, 5.41) is 12.1. The molecule has 3 aromatic carbocycles. The zero-order valence-corrected chi connectivity index (χ0v) is 29.1. The number of carbonyl (C=O) groups is 4. The molecule has 3 aliphatic carbocycles. The average molecular weight is 690 g/mol. The number of phenols is 1. The van der Waals surface area contributed by atoms with Crippen molar-refractivity contribution in [3.63, 3.8) is 0 Å². The van der Waals surface area contributed by atoms with E-state index in [9.17, 15) is 19.5 Å². The molecule has 0 spiro atoms. The molecule has 0 unspecified atom stereocenters. The fourth-order valence-electron chi connectivity index (χ4n) is 9.93. The largest absolute Gasteiger partial charge is 0.502 e. The fourth-order valence-corrected chi connectivity index (χ4v) is 9.93. The maximum Gasteiger partial charge on any atom is 0.260 e. The van der Waals surface area contributed by atoms with Gasteiger partial charge >= 0.3 is 0 Å². The van der Waals surface area contributed by atoms with E-state index in [4.69, 9.17) is 9.47 Å². The Hall–Kier alpha value is -5.12. The zero-order valence-electron chi connectivity index (χ0n) is 29.1. The average Bonchev–Trinajstić information content (AvgIpc) is 3.54. The number of hydrogen-bond donors (Lipinski definition) is 2. The second-order valence-electron chi connectivity index (χ2n) is 14.7. The zero-order chi connectivity index (χ0) is 35.6. The van der Waals surface area contributed by atoms with Crippen molar-refractivity contribution >= 4 is 29.3 Å². The van der Waals surface area contributed by atoms with Gasteiger partial charge in [-0.1, -0.05) is 78.9 Å². The normalized spacial score (nSPS) is 29.0. The fraction of sp³-hybridized carbons (Fsp3) is 0.415. The van der Waals surface area contributed by atoms with E-state index in [1.807, 2.05) is 67.6 Å². The van der Waals surface area contributed by atoms with Crippen LogP contribution in [0.4, 0.5) is 5.69 Å². The Morgan fingerprint density at radius 2 is 1.49 bits per heavy atom. The first-order chi connectivity index (χ1) is 24.7. The van der Waals surface area contributed by atoms with Crippen molar-refractivity contribution in [1.29, 1.82) is 0 Å². The van der Waals surface area contributed by atoms with Crippen LogP contribution in [0, 0.1) is 30.6 Å². The number of nitrogens with zero attached hydrogens (tertiary/aromatic N) is 2. The van der Waals surface area contributed by atoms with Crippen molar-refractivity contribution in [2.24, 2.45) is 23.7 Å². The molecule has 0 radical (unpaired) electrons. The molecule has 0 aromatic heterocycles. The number of fused-ring (bicyclic) bond motifs is 4. The summed E-state index contributed by atoms with van der Waals surface area (Å²) >= 11 is 0. The van der Waals surface area contributed by atoms with Gasteiger partial charge in [0.25, 0.3) is 11.8 Å². The molecule has 2 N–H and O–H groups in total. The van der Waals surface area contributed by atoms with Gasteiger partial charge in [0.05, 0.1) is 43.1 Å². The molecule has 5 aliphatic rings. The van der Waals surface area contributed by atoms with Gasteiger partial charge in [0, 0.05) is 12.0 Å². The second-order valence-corrected chi connectivity index (χ2v) is 14.7. The predicted molar refractivity (Wildman–Crippen MR) is 189 cm³/mol. The third kappa shape index (κ3) is 4.89. The van der Waals surface area contributed by atoms with E-state index < -0.39 is 46.8 Å². The number of allylic oxidation sites excluding steroid dienone is 2. The van der Waals surface area contributed by atoms with Crippen molar-refractivity contribution in [1.82, 2.24) is 9.91 Å². The van der Waals surface area contributed by atoms with Crippen LogP contribution in [0.1, 0.15) is 67.6 Å². The van der Waals surface area contributed by atoms with E-state index in [-0.39, 0.29) is 41.5 Å². The molecule has 51 heavy (non-hydrogen) atoms. The van der Waals surface area contributed by atoms with Crippen molar-refractivity contribution < 1.29 is 33.8 Å². The third-order valence-electron chi connectivity index (χ3n) is 12.2. The summed E-state index contributed by atoms with van der Waals surface area (Å²) in [5.41, 5.74) is 5.43. The highest BCUT2D eigenvalue weighted by Crippen LogP contribution is 2.65. The SMILES string of the molecule is COc1cc([C@H]2C3=CC[C@@H]4C(=O)N(C5CCCCC5)C(=O)[C@@H]4[C@@H]3C[C@H]3C(=O)N(Nc4ccc(C)cc4)C(=O)[C@@]23c2ccccc2)cc(OC)c1O. The minimum absolute atomic E-state index is 0.106. The van der Waals surface area contributed by atoms with Gasteiger partial charge in [-0.15, -0.1) is 0 Å². The lowest BCUT2D eigenvalue weighted by Crippen LogP contribution is -2.53. The molecule has 264 valence electrons. The number of nitrogens with one attached hydrogen (secondary N) is 1. The molecule has 0 bridgehead atoms. The van der Waals surface area contributed by atoms with Crippen molar-refractivity contribution in [2.45, 2.75) is 69.2 Å². The Bertz CT molecular complexity index is 1910. The topological polar surface area (TPSA) is 125 Å². The number of anilines is 1. The van der Waals surface area contributed by atoms with Crippen LogP contribution in [0.2, 0.25) is 0 Å². The highest BCUT2D eigenvalue weighted by molar-refractivity contribution is 6.13. The molecule has 4 fully saturated rings. The molecule has 2 aliphatic heterocycles. The second kappa shape index (κ2) is 12.6. The lowest BCUT2D eigenvalue weighted by molar-refractivity contribution is -0.144. The number of aryl methyl sites for hydroxylation is 1. The van der Waals surface area contributed by atoms with E-state index in [0.717, 1.165) is 48.2 Å². The number of amides is 4. The summed E-state index contributed by atoms with van der Waals surface area (Å²) in [6.07, 6.45) is 7.31. The summed E-state index contributed by atoms with van der Waals surface area (Å²) < 4.78 is 11.2. The van der Waals surface area contributed by atoms with Gasteiger partial charge < -0.3 is 14.6 Å². The van der Waals surface area contributed by atoms with Crippen molar-refractivity contribution in [2.75, 3.05) is 19.6 Å². The maximum absolute atomic E-state index is 15.4. The summed E-state index contributed by atoms with van der Waals surface area (Å²) in [4.78, 5) is 60.4. The van der Waals surface area contributed by atoms with E-state index in [1.54, 1.807) is 17.0 Å². The molecule has 3 aromatic rings. The monoisotopic (exact) mass is 689 g/mol. The Kier molecular flexibility index (Phi) is 8.15. The number of methoxy groups -OCH3 is 2. The lowest BCUT2D eigenvalue weighted by Gasteiger charge is -2.50. The molecule has 2 saturated heterocycles. The number of rotatable bonds is 7. The molecule has 4 amide bonds. The summed E-state index contributed by atoms with van der Waals surface area (Å²) in [6.45, 7) is 1.97.